The molecule has 0 fully saturated rings. The molecule has 0 aliphatic heterocycles. The molecular weight excluding hydrogens is 525 g/mol. The summed E-state index contributed by atoms with van der Waals surface area (Å²) in [6, 6.07) is 14.9. The summed E-state index contributed by atoms with van der Waals surface area (Å²) in [6.45, 7) is 0. The first-order valence-electron chi connectivity index (χ1n) is 10.6. The predicted molar refractivity (Wildman–Crippen MR) is 132 cm³/mol. The zero-order valence-corrected chi connectivity index (χ0v) is 20.1. The van der Waals surface area contributed by atoms with Crippen LogP contribution >= 0.6 is 23.2 Å². The zero-order chi connectivity index (χ0) is 26.1. The van der Waals surface area contributed by atoms with Gasteiger partial charge in [0.15, 0.2) is 17.4 Å². The number of hydrogen-bond donors (Lipinski definition) is 1. The van der Waals surface area contributed by atoms with Gasteiger partial charge >= 0.3 is 0 Å². The van der Waals surface area contributed by atoms with E-state index in [0.717, 1.165) is 0 Å². The fourth-order valence-electron chi connectivity index (χ4n) is 3.48. The number of aromatic nitrogens is 4. The summed E-state index contributed by atoms with van der Waals surface area (Å²) in [6.07, 6.45) is 1.49. The minimum absolute atomic E-state index is 0.0203. The van der Waals surface area contributed by atoms with Gasteiger partial charge in [-0.1, -0.05) is 29.3 Å². The Labute approximate surface area is 218 Å². The van der Waals surface area contributed by atoms with Gasteiger partial charge in [0.1, 0.15) is 17.1 Å². The summed E-state index contributed by atoms with van der Waals surface area (Å²) < 4.78 is 41.3. The lowest BCUT2D eigenvalue weighted by atomic mass is 10.1. The Balaban J connectivity index is 1.40. The number of rotatable bonds is 6. The summed E-state index contributed by atoms with van der Waals surface area (Å²) in [5.74, 6) is -0.917. The van der Waals surface area contributed by atoms with E-state index >= 15 is 4.39 Å². The third kappa shape index (κ3) is 5.09. The van der Waals surface area contributed by atoms with Crippen molar-refractivity contribution >= 4 is 29.0 Å². The maximum absolute atomic E-state index is 15.3. The van der Waals surface area contributed by atoms with Crippen molar-refractivity contribution < 1.29 is 17.9 Å². The highest BCUT2D eigenvalue weighted by Crippen LogP contribution is 2.36. The van der Waals surface area contributed by atoms with Crippen LogP contribution in [0, 0.1) is 23.0 Å². The van der Waals surface area contributed by atoms with E-state index < -0.39 is 5.82 Å². The van der Waals surface area contributed by atoms with Crippen molar-refractivity contribution in [3.8, 4) is 34.7 Å². The lowest BCUT2D eigenvalue weighted by Gasteiger charge is -2.11. The predicted octanol–water partition coefficient (Wildman–Crippen LogP) is 6.34. The molecule has 5 aromatic rings. The van der Waals surface area contributed by atoms with Gasteiger partial charge in [-0.2, -0.15) is 5.26 Å². The van der Waals surface area contributed by atoms with E-state index in [0.29, 0.717) is 11.3 Å². The number of nitrogen functional groups attached to an aromatic ring is 1. The molecule has 37 heavy (non-hydrogen) atoms. The molecule has 5 rings (SSSR count). The Bertz CT molecular complexity index is 1660. The molecule has 0 amide bonds. The van der Waals surface area contributed by atoms with Gasteiger partial charge in [-0.3, -0.25) is 0 Å². The van der Waals surface area contributed by atoms with Crippen molar-refractivity contribution in [2.75, 3.05) is 5.73 Å². The molecular formula is C25H14Cl2F2N6O2. The van der Waals surface area contributed by atoms with Gasteiger partial charge in [-0.05, 0) is 48.5 Å². The molecule has 0 aliphatic carbocycles. The summed E-state index contributed by atoms with van der Waals surface area (Å²) in [4.78, 5) is 0. The lowest BCUT2D eigenvalue weighted by molar-refractivity contribution is 0.437. The van der Waals surface area contributed by atoms with Crippen LogP contribution in [0.25, 0.3) is 17.1 Å². The van der Waals surface area contributed by atoms with Crippen LogP contribution in [0.3, 0.4) is 0 Å². The van der Waals surface area contributed by atoms with Crippen LogP contribution in [0.4, 0.5) is 14.6 Å². The van der Waals surface area contributed by atoms with Crippen molar-refractivity contribution in [1.29, 1.82) is 5.26 Å². The van der Waals surface area contributed by atoms with E-state index in [1.807, 2.05) is 6.07 Å². The average molecular weight is 539 g/mol. The minimum Gasteiger partial charge on any atom is -0.453 e. The molecule has 0 radical (unpaired) electrons. The molecule has 0 saturated carbocycles. The number of halogens is 4. The van der Waals surface area contributed by atoms with E-state index in [9.17, 15) is 4.39 Å². The highest BCUT2D eigenvalue weighted by atomic mass is 35.5. The quantitative estimate of drug-likeness (QED) is 0.268. The van der Waals surface area contributed by atoms with Crippen molar-refractivity contribution in [2.45, 2.75) is 6.42 Å². The normalized spacial score (nSPS) is 10.9. The Morgan fingerprint density at radius 1 is 1.05 bits per heavy atom. The lowest BCUT2D eigenvalue weighted by Crippen LogP contribution is -1.98. The Kier molecular flexibility index (Phi) is 6.48. The second-order valence-corrected chi connectivity index (χ2v) is 8.61. The van der Waals surface area contributed by atoms with Crippen LogP contribution in [-0.2, 0) is 6.42 Å². The van der Waals surface area contributed by atoms with Crippen molar-refractivity contribution in [3.63, 3.8) is 0 Å². The first-order valence-corrected chi connectivity index (χ1v) is 11.4. The Hall–Kier alpha value is -4.46. The van der Waals surface area contributed by atoms with Crippen LogP contribution in [-0.4, -0.2) is 20.0 Å². The molecule has 2 heterocycles. The first kappa shape index (κ1) is 24.2. The molecule has 2 N–H and O–H groups in total. The highest BCUT2D eigenvalue weighted by Gasteiger charge is 2.20. The molecule has 184 valence electrons. The fourth-order valence-corrected chi connectivity index (χ4v) is 3.89. The summed E-state index contributed by atoms with van der Waals surface area (Å²) in [5.41, 5.74) is 7.37. The van der Waals surface area contributed by atoms with E-state index in [1.54, 1.807) is 6.20 Å². The molecule has 2 aromatic heterocycles. The number of benzene rings is 3. The molecule has 0 saturated heterocycles. The molecule has 0 unspecified atom stereocenters. The molecule has 0 bridgehead atoms. The second-order valence-electron chi connectivity index (χ2n) is 7.77. The SMILES string of the molecule is N#Cc1cc(Cl)cc(Oc2c(Cl)ccc(Cc3nnc(-c4cn(-c5ccc(F)cc5)nc4N)o3)c2F)c1. The number of hydrogen-bond acceptors (Lipinski definition) is 7. The van der Waals surface area contributed by atoms with E-state index in [-0.39, 0.29) is 62.5 Å². The second kappa shape index (κ2) is 9.89. The largest absolute Gasteiger partial charge is 0.453 e. The molecule has 0 spiro atoms. The highest BCUT2D eigenvalue weighted by molar-refractivity contribution is 6.32. The van der Waals surface area contributed by atoms with Gasteiger partial charge in [0.05, 0.1) is 28.8 Å². The first-order chi connectivity index (χ1) is 17.8. The maximum Gasteiger partial charge on any atom is 0.253 e. The maximum atomic E-state index is 15.3. The monoisotopic (exact) mass is 538 g/mol. The number of anilines is 1. The standard InChI is InChI=1S/C25H14Cl2F2N6O2/c26-15-7-13(11-30)8-18(10-15)36-23-20(27)6-1-14(22(23)29)9-21-32-33-25(37-21)19-12-35(34-24(19)31)17-4-2-16(28)3-5-17/h1-8,10,12H,9H2,(H2,31,34). The number of ether oxygens (including phenoxy) is 1. The third-order valence-electron chi connectivity index (χ3n) is 5.22. The summed E-state index contributed by atoms with van der Waals surface area (Å²) in [5, 5.41) is 21.6. The topological polar surface area (TPSA) is 116 Å². The van der Waals surface area contributed by atoms with Crippen LogP contribution in [0.5, 0.6) is 11.5 Å². The molecule has 8 nitrogen and oxygen atoms in total. The van der Waals surface area contributed by atoms with Crippen molar-refractivity contribution in [2.24, 2.45) is 0 Å². The Morgan fingerprint density at radius 3 is 2.59 bits per heavy atom. The number of nitriles is 1. The zero-order valence-electron chi connectivity index (χ0n) is 18.6. The fraction of sp³-hybridized carbons (Fsp3) is 0.0400. The van der Waals surface area contributed by atoms with Crippen LogP contribution in [0.1, 0.15) is 17.0 Å². The van der Waals surface area contributed by atoms with Gasteiger partial charge in [0, 0.05) is 16.8 Å². The summed E-state index contributed by atoms with van der Waals surface area (Å²) >= 11 is 12.2. The van der Waals surface area contributed by atoms with E-state index in [2.05, 4.69) is 15.3 Å². The van der Waals surface area contributed by atoms with Gasteiger partial charge in [-0.25, -0.2) is 13.5 Å². The Morgan fingerprint density at radius 2 is 1.84 bits per heavy atom. The number of nitrogens with two attached hydrogens (primary N) is 1. The van der Waals surface area contributed by atoms with Crippen LogP contribution in [0.2, 0.25) is 10.0 Å². The number of nitrogens with zero attached hydrogens (tertiary/aromatic N) is 5. The van der Waals surface area contributed by atoms with E-state index in [1.165, 1.54) is 59.3 Å². The molecule has 0 atom stereocenters. The van der Waals surface area contributed by atoms with Gasteiger partial charge in [0.25, 0.3) is 5.89 Å². The minimum atomic E-state index is -0.741. The van der Waals surface area contributed by atoms with Crippen LogP contribution < -0.4 is 10.5 Å². The van der Waals surface area contributed by atoms with Crippen molar-refractivity contribution in [3.05, 3.63) is 99.5 Å². The third-order valence-corrected chi connectivity index (χ3v) is 5.74. The van der Waals surface area contributed by atoms with E-state index in [4.69, 9.17) is 43.4 Å². The van der Waals surface area contributed by atoms with Gasteiger partial charge in [0.2, 0.25) is 5.89 Å². The molecule has 3 aromatic carbocycles. The van der Waals surface area contributed by atoms with Gasteiger partial charge < -0.3 is 14.9 Å². The smallest absolute Gasteiger partial charge is 0.253 e. The average Bonchev–Trinajstić information content (AvgIpc) is 3.50. The molecule has 12 heteroatoms. The summed E-state index contributed by atoms with van der Waals surface area (Å²) in [7, 11) is 0. The molecule has 0 aliphatic rings. The van der Waals surface area contributed by atoms with Gasteiger partial charge in [-0.15, -0.1) is 15.3 Å². The van der Waals surface area contributed by atoms with Crippen molar-refractivity contribution in [1.82, 2.24) is 20.0 Å². The van der Waals surface area contributed by atoms with Crippen LogP contribution in [0.15, 0.2) is 65.2 Å².